The smallest absolute Gasteiger partial charge is 0.141 e. The Morgan fingerprint density at radius 2 is 1.84 bits per heavy atom. The third kappa shape index (κ3) is 3.78. The fourth-order valence-corrected chi connectivity index (χ4v) is 3.17. The quantitative estimate of drug-likeness (QED) is 0.583. The average molecular weight is 354 g/mol. The first-order valence-corrected chi connectivity index (χ1v) is 8.78. The van der Waals surface area contributed by atoms with Gasteiger partial charge < -0.3 is 15.5 Å². The highest BCUT2D eigenvalue weighted by Crippen LogP contribution is 2.33. The van der Waals surface area contributed by atoms with Crippen LogP contribution in [-0.2, 0) is 0 Å². The molecule has 25 heavy (non-hydrogen) atoms. The average Bonchev–Trinajstić information content (AvgIpc) is 2.62. The number of fused-ring (bicyclic) bond motifs is 1. The third-order valence-electron chi connectivity index (χ3n) is 3.85. The van der Waals surface area contributed by atoms with Crippen molar-refractivity contribution in [2.75, 3.05) is 43.7 Å². The van der Waals surface area contributed by atoms with Gasteiger partial charge in [0.1, 0.15) is 12.1 Å². The molecule has 1 aromatic heterocycles. The Kier molecular flexibility index (Phi) is 5.25. The Hall–Kier alpha value is -2.51. The molecule has 0 aliphatic heterocycles. The molecule has 130 valence electrons. The highest BCUT2D eigenvalue weighted by Gasteiger charge is 2.10. The maximum absolute atomic E-state index is 4.46. The topological polar surface area (TPSA) is 65.1 Å². The van der Waals surface area contributed by atoms with Gasteiger partial charge in [0.25, 0.3) is 0 Å². The van der Waals surface area contributed by atoms with E-state index in [4.69, 9.17) is 0 Å². The maximum Gasteiger partial charge on any atom is 0.141 e. The summed E-state index contributed by atoms with van der Waals surface area (Å²) in [5.41, 5.74) is 4.03. The van der Waals surface area contributed by atoms with E-state index in [1.807, 2.05) is 40.3 Å². The minimum Gasteiger partial charge on any atom is -0.388 e. The summed E-state index contributed by atoms with van der Waals surface area (Å²) in [4.78, 5) is 12.0. The predicted octanol–water partition coefficient (Wildman–Crippen LogP) is 3.71. The molecule has 0 atom stereocenters. The third-order valence-corrected chi connectivity index (χ3v) is 4.54. The summed E-state index contributed by atoms with van der Waals surface area (Å²) in [6, 6.07) is 12.4. The van der Waals surface area contributed by atoms with Crippen molar-refractivity contribution in [3.05, 3.63) is 42.7 Å². The molecular weight excluding hydrogens is 332 g/mol. The summed E-state index contributed by atoms with van der Waals surface area (Å²) in [6.07, 6.45) is 1.59. The lowest BCUT2D eigenvalue weighted by atomic mass is 10.2. The lowest BCUT2D eigenvalue weighted by molar-refractivity contribution is 1.12. The zero-order valence-electron chi connectivity index (χ0n) is 14.8. The van der Waals surface area contributed by atoms with E-state index in [0.717, 1.165) is 38.7 Å². The molecule has 0 spiro atoms. The number of hydrogen-bond donors (Lipinski definition) is 3. The van der Waals surface area contributed by atoms with Gasteiger partial charge in [0, 0.05) is 37.1 Å². The van der Waals surface area contributed by atoms with Gasteiger partial charge in [-0.05, 0) is 55.4 Å². The van der Waals surface area contributed by atoms with Crippen LogP contribution in [0.3, 0.4) is 0 Å². The minimum atomic E-state index is 0.789. The molecule has 6 nitrogen and oxygen atoms in total. The van der Waals surface area contributed by atoms with E-state index in [0.29, 0.717) is 0 Å². The summed E-state index contributed by atoms with van der Waals surface area (Å²) >= 11 is 1.58. The van der Waals surface area contributed by atoms with Crippen LogP contribution in [0.2, 0.25) is 0 Å². The Bertz CT molecular complexity index is 881. The molecule has 0 aliphatic rings. The first-order valence-electron chi connectivity index (χ1n) is 7.97. The first-order chi connectivity index (χ1) is 12.1. The second kappa shape index (κ2) is 7.58. The molecular formula is C18H22N6S. The van der Waals surface area contributed by atoms with Gasteiger partial charge >= 0.3 is 0 Å². The van der Waals surface area contributed by atoms with Crippen molar-refractivity contribution in [2.45, 2.75) is 4.90 Å². The number of nitrogens with one attached hydrogen (secondary N) is 3. The Morgan fingerprint density at radius 1 is 1.00 bits per heavy atom. The molecule has 0 saturated carbocycles. The van der Waals surface area contributed by atoms with E-state index >= 15 is 0 Å². The van der Waals surface area contributed by atoms with Crippen molar-refractivity contribution in [2.24, 2.45) is 0 Å². The van der Waals surface area contributed by atoms with E-state index in [1.54, 1.807) is 18.3 Å². The van der Waals surface area contributed by atoms with Crippen molar-refractivity contribution in [1.82, 2.24) is 14.7 Å². The standard InChI is InChI=1S/C18H22N6S/c1-19-12-5-7-15-14(9-12)18(22-11-21-15)23-16-10-13(25-20-2)6-8-17(16)24(3)4/h5-11,19-20H,1-4H3,(H,21,22,23). The van der Waals surface area contributed by atoms with E-state index in [1.165, 1.54) is 0 Å². The van der Waals surface area contributed by atoms with Crippen LogP contribution in [0.25, 0.3) is 10.9 Å². The highest BCUT2D eigenvalue weighted by molar-refractivity contribution is 7.97. The molecule has 0 saturated heterocycles. The van der Waals surface area contributed by atoms with Crippen LogP contribution < -0.4 is 20.3 Å². The lowest BCUT2D eigenvalue weighted by Crippen LogP contribution is -2.11. The van der Waals surface area contributed by atoms with Crippen LogP contribution in [0.1, 0.15) is 0 Å². The van der Waals surface area contributed by atoms with Crippen molar-refractivity contribution in [3.8, 4) is 0 Å². The van der Waals surface area contributed by atoms with E-state index in [9.17, 15) is 0 Å². The van der Waals surface area contributed by atoms with Crippen LogP contribution in [0.15, 0.2) is 47.6 Å². The number of benzene rings is 2. The summed E-state index contributed by atoms with van der Waals surface area (Å²) < 4.78 is 3.11. The van der Waals surface area contributed by atoms with E-state index in [2.05, 4.69) is 54.5 Å². The summed E-state index contributed by atoms with van der Waals surface area (Å²) in [5.74, 6) is 0.789. The molecule has 3 rings (SSSR count). The molecule has 3 N–H and O–H groups in total. The van der Waals surface area contributed by atoms with Gasteiger partial charge in [-0.25, -0.2) is 9.97 Å². The van der Waals surface area contributed by atoms with Crippen LogP contribution in [0.4, 0.5) is 22.9 Å². The van der Waals surface area contributed by atoms with Crippen molar-refractivity contribution in [3.63, 3.8) is 0 Å². The molecule has 0 aliphatic carbocycles. The van der Waals surface area contributed by atoms with Gasteiger partial charge in [-0.2, -0.15) is 0 Å². The number of nitrogens with zero attached hydrogens (tertiary/aromatic N) is 3. The van der Waals surface area contributed by atoms with Crippen LogP contribution in [0.5, 0.6) is 0 Å². The van der Waals surface area contributed by atoms with Crippen LogP contribution in [-0.4, -0.2) is 38.2 Å². The zero-order valence-corrected chi connectivity index (χ0v) is 15.6. The van der Waals surface area contributed by atoms with Crippen LogP contribution in [0, 0.1) is 0 Å². The molecule has 0 amide bonds. The summed E-state index contributed by atoms with van der Waals surface area (Å²) in [5, 5.41) is 7.63. The molecule has 7 heteroatoms. The van der Waals surface area contributed by atoms with Gasteiger partial charge in [0.05, 0.1) is 16.9 Å². The molecule has 2 aromatic carbocycles. The summed E-state index contributed by atoms with van der Waals surface area (Å²) in [6.45, 7) is 0. The monoisotopic (exact) mass is 354 g/mol. The van der Waals surface area contributed by atoms with Gasteiger partial charge in [0.2, 0.25) is 0 Å². The fourth-order valence-electron chi connectivity index (χ4n) is 2.63. The lowest BCUT2D eigenvalue weighted by Gasteiger charge is -2.19. The highest BCUT2D eigenvalue weighted by atomic mass is 32.2. The second-order valence-corrected chi connectivity index (χ2v) is 6.79. The number of hydrogen-bond acceptors (Lipinski definition) is 7. The SMILES string of the molecule is CNSc1ccc(N(C)C)c(Nc2ncnc3ccc(NC)cc23)c1. The summed E-state index contributed by atoms with van der Waals surface area (Å²) in [7, 11) is 7.88. The predicted molar refractivity (Wildman–Crippen MR) is 108 cm³/mol. The van der Waals surface area contributed by atoms with Crippen molar-refractivity contribution >= 4 is 45.7 Å². The molecule has 1 heterocycles. The second-order valence-electron chi connectivity index (χ2n) is 5.71. The molecule has 0 unspecified atom stereocenters. The van der Waals surface area contributed by atoms with Gasteiger partial charge in [-0.1, -0.05) is 0 Å². The molecule has 0 radical (unpaired) electrons. The normalized spacial score (nSPS) is 10.7. The molecule has 0 bridgehead atoms. The van der Waals surface area contributed by atoms with Gasteiger partial charge in [-0.15, -0.1) is 0 Å². The van der Waals surface area contributed by atoms with Gasteiger partial charge in [-0.3, -0.25) is 4.72 Å². The zero-order chi connectivity index (χ0) is 17.8. The molecule has 3 aromatic rings. The Morgan fingerprint density at radius 3 is 2.56 bits per heavy atom. The Labute approximate surface area is 152 Å². The minimum absolute atomic E-state index is 0.789. The van der Waals surface area contributed by atoms with E-state index < -0.39 is 0 Å². The fraction of sp³-hybridized carbons (Fsp3) is 0.222. The number of aromatic nitrogens is 2. The Balaban J connectivity index is 2.07. The molecule has 0 fully saturated rings. The van der Waals surface area contributed by atoms with E-state index in [-0.39, 0.29) is 0 Å². The van der Waals surface area contributed by atoms with Crippen molar-refractivity contribution < 1.29 is 0 Å². The maximum atomic E-state index is 4.46. The van der Waals surface area contributed by atoms with Crippen LogP contribution >= 0.6 is 11.9 Å². The largest absolute Gasteiger partial charge is 0.388 e. The number of rotatable bonds is 6. The number of anilines is 4. The first kappa shape index (κ1) is 17.3. The van der Waals surface area contributed by atoms with Gasteiger partial charge in [0.15, 0.2) is 0 Å². The van der Waals surface area contributed by atoms with Crippen molar-refractivity contribution in [1.29, 1.82) is 0 Å².